The summed E-state index contributed by atoms with van der Waals surface area (Å²) in [5.41, 5.74) is 1.12. The summed E-state index contributed by atoms with van der Waals surface area (Å²) >= 11 is 3.50. The lowest BCUT2D eigenvalue weighted by Crippen LogP contribution is -2.37. The van der Waals surface area contributed by atoms with Gasteiger partial charge in [-0.05, 0) is 52.4 Å². The maximum absolute atomic E-state index is 5.41. The fourth-order valence-corrected chi connectivity index (χ4v) is 2.70. The van der Waals surface area contributed by atoms with Crippen molar-refractivity contribution >= 4 is 21.9 Å². The second-order valence-corrected chi connectivity index (χ2v) is 5.92. The Morgan fingerprint density at radius 1 is 1.35 bits per heavy atom. The Labute approximate surface area is 126 Å². The van der Waals surface area contributed by atoms with Gasteiger partial charge in [-0.2, -0.15) is 0 Å². The Bertz CT molecular complexity index is 529. The minimum absolute atomic E-state index is 0.287. The van der Waals surface area contributed by atoms with E-state index in [2.05, 4.69) is 31.6 Å². The summed E-state index contributed by atoms with van der Waals surface area (Å²) < 4.78 is 11.7. The van der Waals surface area contributed by atoms with Crippen LogP contribution in [-0.2, 0) is 6.54 Å². The smallest absolute Gasteiger partial charge is 0.231 e. The summed E-state index contributed by atoms with van der Waals surface area (Å²) in [7, 11) is 1.79. The minimum atomic E-state index is 0.287. The third-order valence-electron chi connectivity index (χ3n) is 3.43. The molecule has 0 bridgehead atoms. The lowest BCUT2D eigenvalue weighted by molar-refractivity contribution is 0.173. The highest BCUT2D eigenvalue weighted by Crippen LogP contribution is 2.39. The third-order valence-corrected chi connectivity index (χ3v) is 4.01. The average Bonchev–Trinajstić information content (AvgIpc) is 3.15. The standard InChI is InChI=1S/C14H18BrN3O2/c1-16-14(17-6-9-2-3-9)18-7-10-4-11(15)13-12(5-10)19-8-20-13/h4-5,9H,2-3,6-8H2,1H3,(H2,16,17,18). The zero-order valence-corrected chi connectivity index (χ0v) is 13.0. The Hall–Kier alpha value is -1.43. The number of nitrogens with one attached hydrogen (secondary N) is 2. The highest BCUT2D eigenvalue weighted by molar-refractivity contribution is 9.10. The van der Waals surface area contributed by atoms with Gasteiger partial charge in [-0.1, -0.05) is 0 Å². The van der Waals surface area contributed by atoms with Crippen molar-refractivity contribution in [1.29, 1.82) is 0 Å². The summed E-state index contributed by atoms with van der Waals surface area (Å²) in [6, 6.07) is 4.03. The quantitative estimate of drug-likeness (QED) is 0.652. The Kier molecular flexibility index (Phi) is 4.00. The normalized spacial score (nSPS) is 17.2. The van der Waals surface area contributed by atoms with Gasteiger partial charge in [0.15, 0.2) is 17.5 Å². The molecule has 0 atom stereocenters. The number of guanidine groups is 1. The molecule has 1 aromatic rings. The van der Waals surface area contributed by atoms with Crippen LogP contribution in [0.25, 0.3) is 0 Å². The fourth-order valence-electron chi connectivity index (χ4n) is 2.09. The molecule has 20 heavy (non-hydrogen) atoms. The van der Waals surface area contributed by atoms with E-state index in [4.69, 9.17) is 9.47 Å². The van der Waals surface area contributed by atoms with E-state index in [1.54, 1.807) is 7.05 Å². The SMILES string of the molecule is CN=C(NCc1cc(Br)c2c(c1)OCO2)NCC1CC1. The fraction of sp³-hybridized carbons (Fsp3) is 0.500. The van der Waals surface area contributed by atoms with Crippen molar-refractivity contribution in [2.24, 2.45) is 10.9 Å². The van der Waals surface area contributed by atoms with Crippen LogP contribution in [0.1, 0.15) is 18.4 Å². The van der Waals surface area contributed by atoms with Crippen LogP contribution >= 0.6 is 15.9 Å². The lowest BCUT2D eigenvalue weighted by Gasteiger charge is -2.12. The first-order valence-corrected chi connectivity index (χ1v) is 7.58. The number of hydrogen-bond donors (Lipinski definition) is 2. The Balaban J connectivity index is 1.58. The topological polar surface area (TPSA) is 54.9 Å². The molecular formula is C14H18BrN3O2. The van der Waals surface area contributed by atoms with Crippen LogP contribution in [0.2, 0.25) is 0 Å². The second-order valence-electron chi connectivity index (χ2n) is 5.06. The molecule has 1 aliphatic carbocycles. The van der Waals surface area contributed by atoms with Gasteiger partial charge in [-0.15, -0.1) is 0 Å². The maximum Gasteiger partial charge on any atom is 0.231 e. The van der Waals surface area contributed by atoms with Gasteiger partial charge in [0.25, 0.3) is 0 Å². The molecule has 0 unspecified atom stereocenters. The van der Waals surface area contributed by atoms with Crippen molar-refractivity contribution in [2.75, 3.05) is 20.4 Å². The van der Waals surface area contributed by atoms with Crippen LogP contribution in [0.4, 0.5) is 0 Å². The van der Waals surface area contributed by atoms with Crippen LogP contribution in [0.3, 0.4) is 0 Å². The van der Waals surface area contributed by atoms with Gasteiger partial charge < -0.3 is 20.1 Å². The predicted molar refractivity (Wildman–Crippen MR) is 81.2 cm³/mol. The molecule has 6 heteroatoms. The van der Waals surface area contributed by atoms with E-state index in [0.717, 1.165) is 40.0 Å². The van der Waals surface area contributed by atoms with Crippen molar-refractivity contribution < 1.29 is 9.47 Å². The second kappa shape index (κ2) is 5.91. The molecule has 2 aliphatic rings. The van der Waals surface area contributed by atoms with Gasteiger partial charge in [0.1, 0.15) is 0 Å². The highest BCUT2D eigenvalue weighted by atomic mass is 79.9. The largest absolute Gasteiger partial charge is 0.454 e. The number of aliphatic imine (C=N–C) groups is 1. The van der Waals surface area contributed by atoms with Crippen LogP contribution in [0, 0.1) is 5.92 Å². The first-order chi connectivity index (χ1) is 9.76. The summed E-state index contributed by atoms with van der Waals surface area (Å²) in [6.07, 6.45) is 2.66. The average molecular weight is 340 g/mol. The summed E-state index contributed by atoms with van der Waals surface area (Å²) in [6.45, 7) is 1.99. The first kappa shape index (κ1) is 13.5. The van der Waals surface area contributed by atoms with Crippen molar-refractivity contribution in [3.63, 3.8) is 0 Å². The van der Waals surface area contributed by atoms with E-state index in [1.165, 1.54) is 12.8 Å². The van der Waals surface area contributed by atoms with Crippen molar-refractivity contribution in [2.45, 2.75) is 19.4 Å². The zero-order chi connectivity index (χ0) is 13.9. The molecule has 3 rings (SSSR count). The Morgan fingerprint density at radius 3 is 2.95 bits per heavy atom. The van der Waals surface area contributed by atoms with E-state index < -0.39 is 0 Å². The van der Waals surface area contributed by atoms with E-state index in [9.17, 15) is 0 Å². The summed E-state index contributed by atoms with van der Waals surface area (Å²) in [4.78, 5) is 4.22. The Morgan fingerprint density at radius 2 is 2.20 bits per heavy atom. The third kappa shape index (κ3) is 3.17. The van der Waals surface area contributed by atoms with Gasteiger partial charge >= 0.3 is 0 Å². The molecule has 0 saturated heterocycles. The number of benzene rings is 1. The van der Waals surface area contributed by atoms with E-state index in [0.29, 0.717) is 6.54 Å². The number of halogens is 1. The molecule has 5 nitrogen and oxygen atoms in total. The van der Waals surface area contributed by atoms with E-state index in [1.807, 2.05) is 12.1 Å². The van der Waals surface area contributed by atoms with Gasteiger partial charge in [-0.3, -0.25) is 4.99 Å². The molecule has 1 aliphatic heterocycles. The van der Waals surface area contributed by atoms with Gasteiger partial charge in [0.2, 0.25) is 6.79 Å². The van der Waals surface area contributed by atoms with Gasteiger partial charge in [-0.25, -0.2) is 0 Å². The minimum Gasteiger partial charge on any atom is -0.454 e. The van der Waals surface area contributed by atoms with Crippen molar-refractivity contribution in [3.8, 4) is 11.5 Å². The van der Waals surface area contributed by atoms with E-state index in [-0.39, 0.29) is 6.79 Å². The molecule has 1 aromatic carbocycles. The van der Waals surface area contributed by atoms with Crippen LogP contribution in [0.15, 0.2) is 21.6 Å². The molecular weight excluding hydrogens is 322 g/mol. The molecule has 108 valence electrons. The molecule has 0 radical (unpaired) electrons. The number of fused-ring (bicyclic) bond motifs is 1. The van der Waals surface area contributed by atoms with Crippen LogP contribution in [-0.4, -0.2) is 26.3 Å². The molecule has 2 N–H and O–H groups in total. The number of nitrogens with zero attached hydrogens (tertiary/aromatic N) is 1. The lowest BCUT2D eigenvalue weighted by atomic mass is 10.2. The summed E-state index contributed by atoms with van der Waals surface area (Å²) in [5, 5.41) is 6.65. The van der Waals surface area contributed by atoms with Crippen LogP contribution < -0.4 is 20.1 Å². The number of rotatable bonds is 4. The molecule has 0 aromatic heterocycles. The first-order valence-electron chi connectivity index (χ1n) is 6.79. The highest BCUT2D eigenvalue weighted by Gasteiger charge is 2.21. The van der Waals surface area contributed by atoms with E-state index >= 15 is 0 Å². The van der Waals surface area contributed by atoms with Crippen LogP contribution in [0.5, 0.6) is 11.5 Å². The summed E-state index contributed by atoms with van der Waals surface area (Å²) in [5.74, 6) is 3.24. The monoisotopic (exact) mass is 339 g/mol. The molecule has 0 spiro atoms. The van der Waals surface area contributed by atoms with Gasteiger partial charge in [0.05, 0.1) is 4.47 Å². The number of ether oxygens (including phenoxy) is 2. The molecule has 1 fully saturated rings. The van der Waals surface area contributed by atoms with Crippen molar-refractivity contribution in [1.82, 2.24) is 10.6 Å². The molecule has 1 saturated carbocycles. The molecule has 0 amide bonds. The maximum atomic E-state index is 5.41. The van der Waals surface area contributed by atoms with Crippen molar-refractivity contribution in [3.05, 3.63) is 22.2 Å². The predicted octanol–water partition coefficient (Wildman–Crippen LogP) is 2.25. The number of hydrogen-bond acceptors (Lipinski definition) is 3. The molecule has 1 heterocycles. The van der Waals surface area contributed by atoms with Gasteiger partial charge in [0, 0.05) is 20.1 Å². The zero-order valence-electron chi connectivity index (χ0n) is 11.4.